The third-order valence-corrected chi connectivity index (χ3v) is 12.4. The summed E-state index contributed by atoms with van der Waals surface area (Å²) in [5.41, 5.74) is 39.9. The number of carboxylic acids is 1. The summed E-state index contributed by atoms with van der Waals surface area (Å²) < 4.78 is 0. The average Bonchev–Trinajstić information content (AvgIpc) is 3.92. The minimum absolute atomic E-state index is 0.0290. The van der Waals surface area contributed by atoms with Gasteiger partial charge in [0, 0.05) is 43.5 Å². The number of unbranched alkanes of at least 4 members (excludes halogenated alkanes) is 2. The predicted octanol–water partition coefficient (Wildman–Crippen LogP) is -5.05. The molecule has 0 bridgehead atoms. The van der Waals surface area contributed by atoms with Crippen LogP contribution in [0.15, 0.2) is 29.2 Å². The number of nitrogens with zero attached hydrogens (tertiary/aromatic N) is 3. The Morgan fingerprint density at radius 3 is 2.11 bits per heavy atom. The van der Waals surface area contributed by atoms with Crippen molar-refractivity contribution in [2.45, 2.75) is 158 Å². The highest BCUT2D eigenvalue weighted by Crippen LogP contribution is 2.21. The normalized spacial score (nSPS) is 16.4. The Morgan fingerprint density at radius 2 is 1.48 bits per heavy atom. The molecule has 28 heteroatoms. The van der Waals surface area contributed by atoms with Crippen LogP contribution in [0.25, 0.3) is 0 Å². The highest BCUT2D eigenvalue weighted by Gasteiger charge is 2.38. The van der Waals surface area contributed by atoms with Crippen molar-refractivity contribution >= 4 is 59.1 Å². The molecule has 75 heavy (non-hydrogen) atoms. The first-order valence-corrected chi connectivity index (χ1v) is 25.6. The number of carboxylic acid groups (broad SMARTS) is 1. The number of Topliss-reactive ketones (excluding diaryl/α,β-unsaturated/α-hetero) is 1. The number of aliphatic imine (C=N–C) groups is 1. The van der Waals surface area contributed by atoms with Gasteiger partial charge in [-0.15, -0.1) is 0 Å². The van der Waals surface area contributed by atoms with Gasteiger partial charge in [0.15, 0.2) is 11.7 Å². The molecule has 0 radical (unpaired) electrons. The summed E-state index contributed by atoms with van der Waals surface area (Å²) in [6.07, 6.45) is 7.34. The molecule has 28 nitrogen and oxygen atoms in total. The number of aromatic nitrogens is 2. The van der Waals surface area contributed by atoms with Crippen molar-refractivity contribution in [3.8, 4) is 0 Å². The standard InChI is InChI=1S/C47H83N17O11/c1-28(59-44(72)39(37(66)24-51)63-41(69)31(52)11-2-5-19-48)40(68)57-26-38(67)60-34(13-8-21-50)45(73)64-23-7-4-14-35(64)43(71)62-33(17-16-30-25-55-27-58-30)42(70)61-32(12-3-6-20-49)36(65)18-15-29(46(74)75)10-9-22-56-47(53)54/h10,25,27-28,31-35,37,39,66H,2-9,11-24,26,48-52H2,1H3,(H,55,58)(H,57,68)(H,59,72)(H,60,67)(H,61,70)(H,62,71)(H,63,69)(H,74,75)(H4,53,54,56)/b29-10+/t28-,31-,32-,33-,34+,35-,37-,39-/m0/s1. The van der Waals surface area contributed by atoms with Crippen molar-refractivity contribution in [1.82, 2.24) is 46.8 Å². The number of rotatable bonds is 37. The molecule has 0 aromatic carbocycles. The van der Waals surface area contributed by atoms with E-state index in [-0.39, 0.29) is 95.4 Å². The summed E-state index contributed by atoms with van der Waals surface area (Å²) in [5.74, 6) is -7.03. The number of nitrogens with one attached hydrogen (secondary N) is 7. The number of aliphatic hydroxyl groups is 1. The number of aromatic amines is 1. The number of aliphatic hydroxyl groups excluding tert-OH is 1. The Bertz CT molecular complexity index is 2050. The first kappa shape index (κ1) is 64.5. The van der Waals surface area contributed by atoms with E-state index in [1.54, 1.807) is 6.20 Å². The molecule has 2 rings (SSSR count). The second kappa shape index (κ2) is 35.6. The average molecular weight is 1060 g/mol. The molecular formula is C47H83N17O11. The largest absolute Gasteiger partial charge is 0.478 e. The van der Waals surface area contributed by atoms with Crippen molar-refractivity contribution in [3.05, 3.63) is 29.9 Å². The number of piperidine rings is 1. The van der Waals surface area contributed by atoms with Crippen LogP contribution in [0.2, 0.25) is 0 Å². The molecule has 7 amide bonds. The number of imidazole rings is 1. The summed E-state index contributed by atoms with van der Waals surface area (Å²) >= 11 is 0. The molecule has 422 valence electrons. The van der Waals surface area contributed by atoms with E-state index in [9.17, 15) is 53.4 Å². The van der Waals surface area contributed by atoms with Crippen LogP contribution in [0, 0.1) is 0 Å². The lowest BCUT2D eigenvalue weighted by Crippen LogP contribution is -2.61. The minimum Gasteiger partial charge on any atom is -0.478 e. The van der Waals surface area contributed by atoms with Gasteiger partial charge >= 0.3 is 5.97 Å². The number of ketones is 1. The molecule has 1 aromatic rings. The number of aliphatic carboxylic acids is 1. The van der Waals surface area contributed by atoms with E-state index in [0.717, 1.165) is 0 Å². The fourth-order valence-electron chi connectivity index (χ4n) is 8.05. The number of hydrogen-bond acceptors (Lipinski definition) is 17. The number of likely N-dealkylation sites (tertiary alicyclic amines) is 1. The Balaban J connectivity index is 2.23. The Hall–Kier alpha value is -6.59. The van der Waals surface area contributed by atoms with Crippen molar-refractivity contribution in [2.75, 3.05) is 45.8 Å². The van der Waals surface area contributed by atoms with Crippen LogP contribution < -0.4 is 72.0 Å². The first-order chi connectivity index (χ1) is 35.8. The molecule has 1 saturated heterocycles. The van der Waals surface area contributed by atoms with Gasteiger partial charge in [0.2, 0.25) is 41.4 Å². The van der Waals surface area contributed by atoms with Crippen molar-refractivity contribution in [3.63, 3.8) is 0 Å². The number of hydrogen-bond donors (Lipinski definition) is 16. The smallest absolute Gasteiger partial charge is 0.331 e. The molecule has 0 saturated carbocycles. The van der Waals surface area contributed by atoms with E-state index < -0.39 is 115 Å². The van der Waals surface area contributed by atoms with Gasteiger partial charge in [0.1, 0.15) is 30.2 Å². The monoisotopic (exact) mass is 1060 g/mol. The van der Waals surface area contributed by atoms with Gasteiger partial charge in [-0.05, 0) is 116 Å². The number of carbonyl (C=O) groups excluding carboxylic acids is 8. The lowest BCUT2D eigenvalue weighted by Gasteiger charge is -2.37. The van der Waals surface area contributed by atoms with E-state index in [2.05, 4.69) is 46.9 Å². The fraction of sp³-hybridized carbons (Fsp3) is 0.681. The van der Waals surface area contributed by atoms with Gasteiger partial charge in [-0.3, -0.25) is 43.3 Å². The SMILES string of the molecule is C[C@H](NC(=O)[C@@H](NC(=O)[C@@H](N)CCCCN)[C@@H](O)CN)C(=O)NCC(=O)N[C@H](CCCN)C(=O)N1CCCC[C@H]1C(=O)N[C@@H](CCc1cnc[nH]1)C(=O)N[C@@H](CCCCN)C(=O)CC/C(=C\CCN=C(N)N)C(=O)O. The van der Waals surface area contributed by atoms with Crippen molar-refractivity contribution in [1.29, 1.82) is 0 Å². The maximum Gasteiger partial charge on any atom is 0.331 e. The Kier molecular flexibility index (Phi) is 30.6. The van der Waals surface area contributed by atoms with Crippen LogP contribution in [-0.4, -0.2) is 178 Å². The number of carbonyl (C=O) groups is 9. The second-order valence-electron chi connectivity index (χ2n) is 18.3. The highest BCUT2D eigenvalue weighted by atomic mass is 16.4. The van der Waals surface area contributed by atoms with Crippen LogP contribution in [-0.2, 0) is 49.6 Å². The molecule has 23 N–H and O–H groups in total. The zero-order chi connectivity index (χ0) is 55.9. The minimum atomic E-state index is -1.56. The van der Waals surface area contributed by atoms with Crippen LogP contribution in [0.5, 0.6) is 0 Å². The fourth-order valence-corrected chi connectivity index (χ4v) is 8.05. The Morgan fingerprint density at radius 1 is 0.800 bits per heavy atom. The maximum absolute atomic E-state index is 14.3. The van der Waals surface area contributed by atoms with E-state index >= 15 is 0 Å². The number of aryl methyl sites for hydroxylation is 1. The quantitative estimate of drug-likeness (QED) is 0.0128. The summed E-state index contributed by atoms with van der Waals surface area (Å²) in [6, 6.07) is -8.38. The van der Waals surface area contributed by atoms with Gasteiger partial charge in [-0.2, -0.15) is 0 Å². The molecule has 1 fully saturated rings. The number of nitrogens with two attached hydrogens (primary N) is 7. The van der Waals surface area contributed by atoms with Crippen LogP contribution >= 0.6 is 0 Å². The molecule has 0 spiro atoms. The summed E-state index contributed by atoms with van der Waals surface area (Å²) in [5, 5.41) is 35.6. The topological polar surface area (TPSA) is 493 Å². The van der Waals surface area contributed by atoms with E-state index in [4.69, 9.17) is 40.1 Å². The summed E-state index contributed by atoms with van der Waals surface area (Å²) in [6.45, 7) is 1.41. The third-order valence-electron chi connectivity index (χ3n) is 12.4. The molecule has 2 heterocycles. The zero-order valence-corrected chi connectivity index (χ0v) is 43.1. The Labute approximate surface area is 437 Å². The first-order valence-electron chi connectivity index (χ1n) is 25.6. The van der Waals surface area contributed by atoms with Crippen molar-refractivity contribution in [2.24, 2.45) is 45.1 Å². The lowest BCUT2D eigenvalue weighted by molar-refractivity contribution is -0.146. The third kappa shape index (κ3) is 24.1. The number of H-pyrrole nitrogens is 1. The lowest BCUT2D eigenvalue weighted by atomic mass is 9.97. The summed E-state index contributed by atoms with van der Waals surface area (Å²) in [4.78, 5) is 133. The molecular weight excluding hydrogens is 979 g/mol. The highest BCUT2D eigenvalue weighted by molar-refractivity contribution is 5.97. The van der Waals surface area contributed by atoms with Gasteiger partial charge in [-0.1, -0.05) is 12.5 Å². The van der Waals surface area contributed by atoms with E-state index in [0.29, 0.717) is 57.3 Å². The molecule has 1 aromatic heterocycles. The molecule has 0 unspecified atom stereocenters. The van der Waals surface area contributed by atoms with E-state index in [1.165, 1.54) is 24.2 Å². The van der Waals surface area contributed by atoms with Crippen LogP contribution in [0.1, 0.15) is 109 Å². The maximum atomic E-state index is 14.3. The van der Waals surface area contributed by atoms with Crippen molar-refractivity contribution < 1.29 is 53.4 Å². The molecule has 1 aliphatic rings. The zero-order valence-electron chi connectivity index (χ0n) is 43.1. The second-order valence-corrected chi connectivity index (χ2v) is 18.3. The number of amides is 7. The molecule has 1 aliphatic heterocycles. The van der Waals surface area contributed by atoms with Crippen LogP contribution in [0.4, 0.5) is 0 Å². The van der Waals surface area contributed by atoms with Gasteiger partial charge < -0.3 is 92.1 Å². The van der Waals surface area contributed by atoms with Gasteiger partial charge in [0.25, 0.3) is 0 Å². The molecule has 0 aliphatic carbocycles. The summed E-state index contributed by atoms with van der Waals surface area (Å²) in [7, 11) is 0. The number of guanidine groups is 1. The van der Waals surface area contributed by atoms with Gasteiger partial charge in [-0.25, -0.2) is 9.78 Å². The molecule has 8 atom stereocenters. The predicted molar refractivity (Wildman–Crippen MR) is 277 cm³/mol. The van der Waals surface area contributed by atoms with Gasteiger partial charge in [0.05, 0.1) is 31.1 Å². The van der Waals surface area contributed by atoms with E-state index in [1.807, 2.05) is 0 Å². The van der Waals surface area contributed by atoms with Crippen LogP contribution in [0.3, 0.4) is 0 Å².